The highest BCUT2D eigenvalue weighted by Gasteiger charge is 2.41. The molecule has 5 heteroatoms. The highest BCUT2D eigenvalue weighted by atomic mass is 35.5. The number of aliphatic hydroxyl groups is 1. The molecule has 0 radical (unpaired) electrons. The van der Waals surface area contributed by atoms with Gasteiger partial charge in [-0.3, -0.25) is 0 Å². The summed E-state index contributed by atoms with van der Waals surface area (Å²) in [7, 11) is 0. The van der Waals surface area contributed by atoms with E-state index in [1.54, 1.807) is 0 Å². The zero-order valence-electron chi connectivity index (χ0n) is 11.0. The maximum absolute atomic E-state index is 9.93. The topological polar surface area (TPSA) is 49.2 Å². The fourth-order valence-electron chi connectivity index (χ4n) is 3.74. The molecule has 1 aromatic carbocycles. The van der Waals surface area contributed by atoms with E-state index in [1.807, 2.05) is 18.2 Å². The van der Waals surface area contributed by atoms with Crippen LogP contribution in [-0.2, 0) is 0 Å². The van der Waals surface area contributed by atoms with Crippen molar-refractivity contribution in [3.63, 3.8) is 0 Å². The fraction of sp³-hybridized carbons (Fsp3) is 0.467. The third-order valence-corrected chi connectivity index (χ3v) is 4.85. The van der Waals surface area contributed by atoms with Gasteiger partial charge in [0.25, 0.3) is 0 Å². The van der Waals surface area contributed by atoms with Crippen LogP contribution in [0.25, 0.3) is 10.8 Å². The highest BCUT2D eigenvalue weighted by molar-refractivity contribution is 6.34. The van der Waals surface area contributed by atoms with E-state index in [9.17, 15) is 5.11 Å². The van der Waals surface area contributed by atoms with Gasteiger partial charge >= 0.3 is 0 Å². The minimum absolute atomic E-state index is 0.171. The Morgan fingerprint density at radius 2 is 1.70 bits per heavy atom. The molecule has 0 amide bonds. The lowest BCUT2D eigenvalue weighted by Crippen LogP contribution is -2.45. The minimum Gasteiger partial charge on any atom is -0.393 e. The van der Waals surface area contributed by atoms with Gasteiger partial charge in [-0.15, -0.1) is 10.2 Å². The summed E-state index contributed by atoms with van der Waals surface area (Å²) in [5, 5.41) is 20.9. The van der Waals surface area contributed by atoms with Crippen LogP contribution in [0.3, 0.4) is 0 Å². The number of benzene rings is 1. The molecule has 2 aromatic rings. The minimum atomic E-state index is -0.171. The lowest BCUT2D eigenvalue weighted by Gasteiger charge is -2.38. The number of fused-ring (bicyclic) bond motifs is 3. The zero-order chi connectivity index (χ0) is 13.7. The third-order valence-electron chi connectivity index (χ3n) is 4.58. The van der Waals surface area contributed by atoms with E-state index in [2.05, 4.69) is 21.2 Å². The first-order valence-corrected chi connectivity index (χ1v) is 7.49. The van der Waals surface area contributed by atoms with Gasteiger partial charge in [-0.05, 0) is 25.7 Å². The fourth-order valence-corrected chi connectivity index (χ4v) is 3.94. The molecule has 2 aliphatic heterocycles. The summed E-state index contributed by atoms with van der Waals surface area (Å²) >= 11 is 6.15. The number of nitrogens with zero attached hydrogens (tertiary/aromatic N) is 3. The largest absolute Gasteiger partial charge is 0.393 e. The molecule has 1 N–H and O–H groups in total. The molecule has 0 aliphatic carbocycles. The van der Waals surface area contributed by atoms with E-state index in [0.717, 1.165) is 42.3 Å². The van der Waals surface area contributed by atoms with Gasteiger partial charge in [-0.2, -0.15) is 0 Å². The molecule has 2 atom stereocenters. The molecule has 2 fully saturated rings. The van der Waals surface area contributed by atoms with Crippen LogP contribution >= 0.6 is 11.6 Å². The molecule has 4 nitrogen and oxygen atoms in total. The molecule has 2 bridgehead atoms. The van der Waals surface area contributed by atoms with Crippen LogP contribution in [0.2, 0.25) is 5.15 Å². The third kappa shape index (κ3) is 1.79. The molecule has 2 saturated heterocycles. The number of aromatic nitrogens is 2. The van der Waals surface area contributed by atoms with Gasteiger partial charge in [0.2, 0.25) is 0 Å². The van der Waals surface area contributed by atoms with E-state index in [4.69, 9.17) is 11.6 Å². The van der Waals surface area contributed by atoms with Gasteiger partial charge in [0.1, 0.15) is 0 Å². The van der Waals surface area contributed by atoms with Crippen molar-refractivity contribution in [1.29, 1.82) is 0 Å². The number of aliphatic hydroxyl groups excluding tert-OH is 1. The van der Waals surface area contributed by atoms with Gasteiger partial charge < -0.3 is 10.0 Å². The van der Waals surface area contributed by atoms with Crippen molar-refractivity contribution in [3.8, 4) is 0 Å². The molecule has 1 aromatic heterocycles. The van der Waals surface area contributed by atoms with Crippen molar-refractivity contribution in [2.45, 2.75) is 43.9 Å². The lowest BCUT2D eigenvalue weighted by molar-refractivity contribution is 0.126. The van der Waals surface area contributed by atoms with E-state index in [1.165, 1.54) is 0 Å². The van der Waals surface area contributed by atoms with Crippen LogP contribution in [-0.4, -0.2) is 33.5 Å². The molecule has 2 unspecified atom stereocenters. The van der Waals surface area contributed by atoms with Gasteiger partial charge in [0.05, 0.1) is 6.10 Å². The summed E-state index contributed by atoms with van der Waals surface area (Å²) < 4.78 is 0. The second-order valence-electron chi connectivity index (χ2n) is 5.78. The quantitative estimate of drug-likeness (QED) is 0.877. The lowest BCUT2D eigenvalue weighted by atomic mass is 9.99. The first-order valence-electron chi connectivity index (χ1n) is 7.11. The van der Waals surface area contributed by atoms with Crippen molar-refractivity contribution >= 4 is 28.2 Å². The maximum atomic E-state index is 9.93. The predicted molar refractivity (Wildman–Crippen MR) is 79.1 cm³/mol. The summed E-state index contributed by atoms with van der Waals surface area (Å²) in [5.41, 5.74) is 0. The number of hydrogen-bond acceptors (Lipinski definition) is 4. The zero-order valence-corrected chi connectivity index (χ0v) is 11.8. The highest BCUT2D eigenvalue weighted by Crippen LogP contribution is 2.41. The number of rotatable bonds is 1. The second kappa shape index (κ2) is 4.57. The molecule has 2 aliphatic rings. The van der Waals surface area contributed by atoms with Crippen molar-refractivity contribution < 1.29 is 5.11 Å². The Morgan fingerprint density at radius 1 is 1.05 bits per heavy atom. The van der Waals surface area contributed by atoms with E-state index < -0.39 is 0 Å². The molecule has 20 heavy (non-hydrogen) atoms. The number of anilines is 1. The monoisotopic (exact) mass is 289 g/mol. The Bertz CT molecular complexity index is 649. The summed E-state index contributed by atoms with van der Waals surface area (Å²) in [6.45, 7) is 0. The van der Waals surface area contributed by atoms with Crippen LogP contribution < -0.4 is 4.90 Å². The smallest absolute Gasteiger partial charge is 0.159 e. The van der Waals surface area contributed by atoms with Gasteiger partial charge in [-0.25, -0.2) is 0 Å². The van der Waals surface area contributed by atoms with Crippen molar-refractivity contribution in [3.05, 3.63) is 29.4 Å². The average Bonchev–Trinajstić information content (AvgIpc) is 2.72. The molecule has 0 saturated carbocycles. The van der Waals surface area contributed by atoms with Crippen molar-refractivity contribution in [2.75, 3.05) is 4.90 Å². The Labute approximate surface area is 122 Å². The van der Waals surface area contributed by atoms with Crippen LogP contribution in [0.5, 0.6) is 0 Å². The van der Waals surface area contributed by atoms with Crippen LogP contribution in [0, 0.1) is 0 Å². The molecule has 0 spiro atoms. The molecule has 104 valence electrons. The molecular weight excluding hydrogens is 274 g/mol. The summed E-state index contributed by atoms with van der Waals surface area (Å²) in [6, 6.07) is 8.76. The van der Waals surface area contributed by atoms with E-state index in [0.29, 0.717) is 17.2 Å². The van der Waals surface area contributed by atoms with E-state index >= 15 is 0 Å². The Kier molecular flexibility index (Phi) is 2.82. The van der Waals surface area contributed by atoms with Crippen molar-refractivity contribution in [2.24, 2.45) is 0 Å². The number of hydrogen-bond donors (Lipinski definition) is 1. The standard InChI is InChI=1S/C15H16ClN3O/c16-14-12-3-1-2-4-13(12)15(18-17-14)19-9-5-6-10(19)8-11(20)7-9/h1-4,9-11,20H,5-8H2. The number of halogens is 1. The van der Waals surface area contributed by atoms with E-state index in [-0.39, 0.29) is 6.10 Å². The second-order valence-corrected chi connectivity index (χ2v) is 6.14. The van der Waals surface area contributed by atoms with Crippen LogP contribution in [0.4, 0.5) is 5.82 Å². The summed E-state index contributed by atoms with van der Waals surface area (Å²) in [6.07, 6.45) is 3.74. The van der Waals surface area contributed by atoms with Crippen LogP contribution in [0.15, 0.2) is 24.3 Å². The van der Waals surface area contributed by atoms with Gasteiger partial charge in [0, 0.05) is 22.9 Å². The Morgan fingerprint density at radius 3 is 2.40 bits per heavy atom. The predicted octanol–water partition coefficient (Wildman–Crippen LogP) is 2.78. The van der Waals surface area contributed by atoms with Crippen molar-refractivity contribution in [1.82, 2.24) is 10.2 Å². The first-order chi connectivity index (χ1) is 9.74. The normalized spacial score (nSPS) is 29.1. The van der Waals surface area contributed by atoms with Crippen LogP contribution in [0.1, 0.15) is 25.7 Å². The van der Waals surface area contributed by atoms with Gasteiger partial charge in [-0.1, -0.05) is 35.9 Å². The Hall–Kier alpha value is -1.39. The molecular formula is C15H16ClN3O. The molecule has 4 rings (SSSR count). The van der Waals surface area contributed by atoms with Gasteiger partial charge in [0.15, 0.2) is 11.0 Å². The molecule has 3 heterocycles. The maximum Gasteiger partial charge on any atom is 0.159 e. The Balaban J connectivity index is 1.85. The SMILES string of the molecule is OC1CC2CCC(C1)N2c1nnc(Cl)c2ccccc12. The summed E-state index contributed by atoms with van der Waals surface area (Å²) in [4.78, 5) is 2.36. The first kappa shape index (κ1) is 12.4. The summed E-state index contributed by atoms with van der Waals surface area (Å²) in [5.74, 6) is 0.921. The number of piperidine rings is 1. The average molecular weight is 290 g/mol.